The molecule has 3 rings (SSSR count). The Labute approximate surface area is 221 Å². The van der Waals surface area contributed by atoms with E-state index in [2.05, 4.69) is 31.9 Å². The predicted octanol–water partition coefficient (Wildman–Crippen LogP) is 2.89. The summed E-state index contributed by atoms with van der Waals surface area (Å²) in [4.78, 5) is 51.9. The fourth-order valence-corrected chi connectivity index (χ4v) is 6.25. The Morgan fingerprint density at radius 3 is 2.63 bits per heavy atom. The molecule has 2 heterocycles. The average molecular weight is 585 g/mol. The lowest BCUT2D eigenvalue weighted by atomic mass is 10.0. The zero-order valence-electron chi connectivity index (χ0n) is 19.7. The van der Waals surface area contributed by atoms with Crippen molar-refractivity contribution in [3.05, 3.63) is 46.0 Å². The number of esters is 1. The molecule has 8 nitrogen and oxygen atoms in total. The van der Waals surface area contributed by atoms with Crippen molar-refractivity contribution in [2.45, 2.75) is 57.8 Å². The smallest absolute Gasteiger partial charge is 0.310 e. The van der Waals surface area contributed by atoms with Gasteiger partial charge in [0.05, 0.1) is 12.8 Å². The van der Waals surface area contributed by atoms with Crippen LogP contribution in [-0.4, -0.2) is 53.4 Å². The van der Waals surface area contributed by atoms with E-state index in [0.717, 1.165) is 15.8 Å². The fourth-order valence-electron chi connectivity index (χ4n) is 3.69. The molecule has 2 aliphatic heterocycles. The van der Waals surface area contributed by atoms with Gasteiger partial charge in [-0.3, -0.25) is 19.2 Å². The Bertz CT molecular complexity index is 988. The van der Waals surface area contributed by atoms with Crippen LogP contribution in [0.15, 0.2) is 34.8 Å². The van der Waals surface area contributed by atoms with Gasteiger partial charge in [-0.05, 0) is 41.7 Å². The molecule has 2 aliphatic rings. The first-order valence-corrected chi connectivity index (χ1v) is 14.8. The quantitative estimate of drug-likeness (QED) is 0.264. The second kappa shape index (κ2) is 13.4. The van der Waals surface area contributed by atoms with Crippen LogP contribution in [0.2, 0.25) is 0 Å². The molecular formula is C24H30BrN3O5S2. The molecule has 2 bridgehead atoms. The van der Waals surface area contributed by atoms with Crippen LogP contribution in [0, 0.1) is 5.92 Å². The summed E-state index contributed by atoms with van der Waals surface area (Å²) in [6.07, 6.45) is 3.49. The molecule has 35 heavy (non-hydrogen) atoms. The van der Waals surface area contributed by atoms with Gasteiger partial charge in [0, 0.05) is 22.5 Å². The molecule has 0 aromatic heterocycles. The van der Waals surface area contributed by atoms with Gasteiger partial charge in [0.15, 0.2) is 0 Å². The number of ether oxygens (including phenoxy) is 1. The van der Waals surface area contributed by atoms with Crippen LogP contribution < -0.4 is 16.0 Å². The van der Waals surface area contributed by atoms with E-state index in [1.165, 1.54) is 10.8 Å². The normalized spacial score (nSPS) is 26.0. The number of carbonyl (C=O) groups is 4. The summed E-state index contributed by atoms with van der Waals surface area (Å²) in [6.45, 7) is 3.85. The number of amides is 3. The van der Waals surface area contributed by atoms with Crippen LogP contribution in [0.1, 0.15) is 37.8 Å². The Morgan fingerprint density at radius 1 is 1.06 bits per heavy atom. The minimum absolute atomic E-state index is 0.00289. The van der Waals surface area contributed by atoms with Crippen LogP contribution in [0.4, 0.5) is 0 Å². The molecule has 0 saturated carbocycles. The van der Waals surface area contributed by atoms with Crippen LogP contribution >= 0.6 is 37.5 Å². The number of carbonyl (C=O) groups excluding carboxylic acids is 4. The lowest BCUT2D eigenvalue weighted by Crippen LogP contribution is -2.56. The van der Waals surface area contributed by atoms with Gasteiger partial charge in [-0.25, -0.2) is 0 Å². The van der Waals surface area contributed by atoms with E-state index >= 15 is 0 Å². The van der Waals surface area contributed by atoms with Gasteiger partial charge < -0.3 is 20.7 Å². The highest BCUT2D eigenvalue weighted by Crippen LogP contribution is 2.24. The highest BCUT2D eigenvalue weighted by Gasteiger charge is 2.30. The maximum Gasteiger partial charge on any atom is 0.310 e. The third-order valence-corrected chi connectivity index (χ3v) is 8.50. The van der Waals surface area contributed by atoms with Crippen molar-refractivity contribution in [2.75, 3.05) is 11.5 Å². The molecule has 3 amide bonds. The number of hydrogen-bond donors (Lipinski definition) is 3. The highest BCUT2D eigenvalue weighted by molar-refractivity contribution is 9.10. The van der Waals surface area contributed by atoms with Crippen molar-refractivity contribution in [1.29, 1.82) is 0 Å². The first-order valence-electron chi connectivity index (χ1n) is 11.5. The Balaban J connectivity index is 2.00. The SMILES string of the molecule is CC(C)[C@H]1NC(=O)C[C@H]2/C=C/CCSSC[C@@H](NC1=O)C(=O)NCc1ccc(Br)cc1CC(=O)O2. The molecule has 0 spiro atoms. The Hall–Kier alpha value is -1.98. The molecule has 1 aromatic rings. The highest BCUT2D eigenvalue weighted by atomic mass is 79.9. The molecule has 0 unspecified atom stereocenters. The minimum Gasteiger partial charge on any atom is -0.457 e. The number of fused-ring (bicyclic) bond motifs is 8. The number of allylic oxidation sites excluding steroid dienone is 1. The molecule has 11 heteroatoms. The Morgan fingerprint density at radius 2 is 1.86 bits per heavy atom. The first-order chi connectivity index (χ1) is 16.7. The zero-order valence-corrected chi connectivity index (χ0v) is 22.9. The number of rotatable bonds is 1. The second-order valence-corrected chi connectivity index (χ2v) is 12.3. The molecular weight excluding hydrogens is 554 g/mol. The van der Waals surface area contributed by atoms with E-state index in [9.17, 15) is 19.2 Å². The van der Waals surface area contributed by atoms with Gasteiger partial charge in [0.1, 0.15) is 18.2 Å². The van der Waals surface area contributed by atoms with Crippen LogP contribution in [0.5, 0.6) is 0 Å². The molecule has 0 saturated heterocycles. The molecule has 190 valence electrons. The van der Waals surface area contributed by atoms with E-state index in [0.29, 0.717) is 17.7 Å². The van der Waals surface area contributed by atoms with E-state index in [4.69, 9.17) is 4.74 Å². The largest absolute Gasteiger partial charge is 0.457 e. The van der Waals surface area contributed by atoms with Crippen LogP contribution in [0.3, 0.4) is 0 Å². The molecule has 0 radical (unpaired) electrons. The summed E-state index contributed by atoms with van der Waals surface area (Å²) in [7, 11) is 3.10. The van der Waals surface area contributed by atoms with Crippen molar-refractivity contribution in [1.82, 2.24) is 16.0 Å². The molecule has 1 aromatic carbocycles. The average Bonchev–Trinajstić information content (AvgIpc) is 2.79. The molecule has 0 fully saturated rings. The number of hydrogen-bond acceptors (Lipinski definition) is 7. The molecule has 3 atom stereocenters. The summed E-state index contributed by atoms with van der Waals surface area (Å²) in [5.41, 5.74) is 1.48. The van der Waals surface area contributed by atoms with E-state index in [-0.39, 0.29) is 31.2 Å². The summed E-state index contributed by atoms with van der Waals surface area (Å²) >= 11 is 3.43. The maximum atomic E-state index is 13.1. The Kier molecular flexibility index (Phi) is 10.5. The van der Waals surface area contributed by atoms with Crippen molar-refractivity contribution in [3.63, 3.8) is 0 Å². The van der Waals surface area contributed by atoms with Gasteiger partial charge in [0.25, 0.3) is 0 Å². The van der Waals surface area contributed by atoms with Gasteiger partial charge in [-0.15, -0.1) is 0 Å². The van der Waals surface area contributed by atoms with Crippen molar-refractivity contribution >= 4 is 61.2 Å². The summed E-state index contributed by atoms with van der Waals surface area (Å²) in [6, 6.07) is 3.89. The van der Waals surface area contributed by atoms with Gasteiger partial charge >= 0.3 is 5.97 Å². The van der Waals surface area contributed by atoms with Crippen LogP contribution in [-0.2, 0) is 36.9 Å². The van der Waals surface area contributed by atoms with E-state index in [1.54, 1.807) is 16.9 Å². The minimum atomic E-state index is -0.827. The molecule has 0 aliphatic carbocycles. The van der Waals surface area contributed by atoms with E-state index in [1.807, 2.05) is 38.1 Å². The van der Waals surface area contributed by atoms with Gasteiger partial charge in [0.2, 0.25) is 17.7 Å². The molecule has 3 N–H and O–H groups in total. The fraction of sp³-hybridized carbons (Fsp3) is 0.500. The second-order valence-electron chi connectivity index (χ2n) is 8.71. The zero-order chi connectivity index (χ0) is 25.4. The summed E-state index contributed by atoms with van der Waals surface area (Å²) < 4.78 is 6.47. The monoisotopic (exact) mass is 583 g/mol. The topological polar surface area (TPSA) is 114 Å². The number of nitrogens with one attached hydrogen (secondary N) is 3. The van der Waals surface area contributed by atoms with Crippen molar-refractivity contribution in [2.24, 2.45) is 5.92 Å². The van der Waals surface area contributed by atoms with Gasteiger partial charge in [-0.1, -0.05) is 63.5 Å². The third kappa shape index (κ3) is 8.57. The number of halogens is 1. The lowest BCUT2D eigenvalue weighted by Gasteiger charge is -2.26. The summed E-state index contributed by atoms with van der Waals surface area (Å²) in [5, 5.41) is 8.49. The predicted molar refractivity (Wildman–Crippen MR) is 142 cm³/mol. The first kappa shape index (κ1) is 27.6. The van der Waals surface area contributed by atoms with E-state index < -0.39 is 36.0 Å². The lowest BCUT2D eigenvalue weighted by molar-refractivity contribution is -0.147. The van der Waals surface area contributed by atoms with Crippen molar-refractivity contribution in [3.8, 4) is 0 Å². The van der Waals surface area contributed by atoms with Crippen molar-refractivity contribution < 1.29 is 23.9 Å². The third-order valence-electron chi connectivity index (χ3n) is 5.56. The maximum absolute atomic E-state index is 13.1. The van der Waals surface area contributed by atoms with Gasteiger partial charge in [-0.2, -0.15) is 0 Å². The number of benzene rings is 1. The summed E-state index contributed by atoms with van der Waals surface area (Å²) in [5.74, 6) is -0.692. The van der Waals surface area contributed by atoms with Crippen LogP contribution in [0.25, 0.3) is 0 Å². The standard InChI is InChI=1S/C24H30BrN3O5S2/c1-14(2)22-24(32)27-19-13-35-34-8-4-3-5-18(11-20(29)28-22)33-21(30)10-16-9-17(25)7-6-15(16)12-26-23(19)31/h3,5-7,9,14,18-19,22H,4,8,10-13H2,1-2H3,(H,26,31)(H,27,32)(H,28,29)/b5-3+/t18-,19-,22-/m1/s1.